The lowest BCUT2D eigenvalue weighted by molar-refractivity contribution is -0.146. The van der Waals surface area contributed by atoms with Crippen molar-refractivity contribution in [3.63, 3.8) is 0 Å². The molecule has 0 spiro atoms. The molecule has 1 aromatic carbocycles. The number of carboxylic acids is 1. The molecule has 0 saturated heterocycles. The molecule has 0 aliphatic carbocycles. The van der Waals surface area contributed by atoms with Gasteiger partial charge in [0.05, 0.1) is 12.0 Å². The third-order valence-electron chi connectivity index (χ3n) is 2.92. The quantitative estimate of drug-likeness (QED) is 0.701. The van der Waals surface area contributed by atoms with Crippen molar-refractivity contribution >= 4 is 27.8 Å². The molecular weight excluding hydrogens is 338 g/mol. The highest BCUT2D eigenvalue weighted by Gasteiger charge is 2.27. The highest BCUT2D eigenvalue weighted by molar-refractivity contribution is 9.10. The number of benzene rings is 1. The fourth-order valence-electron chi connectivity index (χ4n) is 1.46. The SMILES string of the molecule is CC(C)(CNC(=O)CCCOc1cccc(Br)c1)C(=O)O. The van der Waals surface area contributed by atoms with Crippen molar-refractivity contribution in [1.82, 2.24) is 5.32 Å². The van der Waals surface area contributed by atoms with Crippen molar-refractivity contribution in [2.75, 3.05) is 13.2 Å². The summed E-state index contributed by atoms with van der Waals surface area (Å²) in [4.78, 5) is 22.5. The number of ether oxygens (including phenoxy) is 1. The maximum Gasteiger partial charge on any atom is 0.310 e. The number of nitrogens with one attached hydrogen (secondary N) is 1. The van der Waals surface area contributed by atoms with E-state index in [0.717, 1.165) is 10.2 Å². The number of carbonyl (C=O) groups excluding carboxylic acids is 1. The topological polar surface area (TPSA) is 75.6 Å². The zero-order valence-electron chi connectivity index (χ0n) is 12.2. The van der Waals surface area contributed by atoms with Gasteiger partial charge in [-0.3, -0.25) is 9.59 Å². The van der Waals surface area contributed by atoms with Crippen LogP contribution in [0.25, 0.3) is 0 Å². The zero-order valence-corrected chi connectivity index (χ0v) is 13.8. The van der Waals surface area contributed by atoms with E-state index in [1.807, 2.05) is 24.3 Å². The lowest BCUT2D eigenvalue weighted by Crippen LogP contribution is -2.38. The first-order valence-corrected chi connectivity index (χ1v) is 7.49. The standard InChI is InChI=1S/C15H20BrNO4/c1-15(2,14(19)20)10-17-13(18)7-4-8-21-12-6-3-5-11(16)9-12/h3,5-6,9H,4,7-8,10H2,1-2H3,(H,17,18)(H,19,20). The Kier molecular flexibility index (Phi) is 6.68. The van der Waals surface area contributed by atoms with E-state index >= 15 is 0 Å². The second kappa shape index (κ2) is 8.02. The van der Waals surface area contributed by atoms with Crippen LogP contribution in [0.2, 0.25) is 0 Å². The van der Waals surface area contributed by atoms with Gasteiger partial charge in [-0.2, -0.15) is 0 Å². The van der Waals surface area contributed by atoms with E-state index in [2.05, 4.69) is 21.2 Å². The lowest BCUT2D eigenvalue weighted by Gasteiger charge is -2.19. The van der Waals surface area contributed by atoms with Gasteiger partial charge >= 0.3 is 5.97 Å². The van der Waals surface area contributed by atoms with Gasteiger partial charge in [0.25, 0.3) is 0 Å². The summed E-state index contributed by atoms with van der Waals surface area (Å²) >= 11 is 3.35. The summed E-state index contributed by atoms with van der Waals surface area (Å²) in [6.07, 6.45) is 0.884. The molecule has 0 aromatic heterocycles. The van der Waals surface area contributed by atoms with Crippen molar-refractivity contribution in [3.05, 3.63) is 28.7 Å². The van der Waals surface area contributed by atoms with Gasteiger partial charge in [0, 0.05) is 17.4 Å². The Hall–Kier alpha value is -1.56. The van der Waals surface area contributed by atoms with Crippen LogP contribution in [0.3, 0.4) is 0 Å². The molecule has 116 valence electrons. The van der Waals surface area contributed by atoms with E-state index in [-0.39, 0.29) is 12.5 Å². The second-order valence-corrected chi connectivity index (χ2v) is 6.29. The van der Waals surface area contributed by atoms with Crippen LogP contribution >= 0.6 is 15.9 Å². The van der Waals surface area contributed by atoms with Crippen LogP contribution in [0.4, 0.5) is 0 Å². The van der Waals surface area contributed by atoms with Crippen LogP contribution in [-0.4, -0.2) is 30.1 Å². The van der Waals surface area contributed by atoms with E-state index in [4.69, 9.17) is 9.84 Å². The molecule has 5 nitrogen and oxygen atoms in total. The Morgan fingerprint density at radius 3 is 2.71 bits per heavy atom. The second-order valence-electron chi connectivity index (χ2n) is 5.38. The average Bonchev–Trinajstić information content (AvgIpc) is 2.41. The van der Waals surface area contributed by atoms with Crippen LogP contribution in [0, 0.1) is 5.41 Å². The Morgan fingerprint density at radius 2 is 2.10 bits per heavy atom. The summed E-state index contributed by atoms with van der Waals surface area (Å²) in [5, 5.41) is 11.6. The van der Waals surface area contributed by atoms with Crippen LogP contribution in [-0.2, 0) is 9.59 Å². The highest BCUT2D eigenvalue weighted by Crippen LogP contribution is 2.18. The molecule has 21 heavy (non-hydrogen) atoms. The largest absolute Gasteiger partial charge is 0.494 e. The van der Waals surface area contributed by atoms with Crippen molar-refractivity contribution < 1.29 is 19.4 Å². The fraction of sp³-hybridized carbons (Fsp3) is 0.467. The predicted octanol–water partition coefficient (Wildman–Crippen LogP) is 2.84. The number of halogens is 1. The predicted molar refractivity (Wildman–Crippen MR) is 83.3 cm³/mol. The van der Waals surface area contributed by atoms with Gasteiger partial charge in [0.1, 0.15) is 5.75 Å². The van der Waals surface area contributed by atoms with Gasteiger partial charge in [-0.1, -0.05) is 22.0 Å². The minimum absolute atomic E-state index is 0.119. The lowest BCUT2D eigenvalue weighted by atomic mass is 9.94. The van der Waals surface area contributed by atoms with Gasteiger partial charge in [-0.05, 0) is 38.5 Å². The first-order valence-electron chi connectivity index (χ1n) is 6.70. The molecule has 0 atom stereocenters. The number of aliphatic carboxylic acids is 1. The molecule has 1 aromatic rings. The van der Waals surface area contributed by atoms with E-state index in [0.29, 0.717) is 19.4 Å². The molecule has 0 bridgehead atoms. The van der Waals surface area contributed by atoms with Crippen molar-refractivity contribution in [2.24, 2.45) is 5.41 Å². The van der Waals surface area contributed by atoms with E-state index in [1.54, 1.807) is 13.8 Å². The minimum Gasteiger partial charge on any atom is -0.494 e. The van der Waals surface area contributed by atoms with Crippen molar-refractivity contribution in [3.8, 4) is 5.75 Å². The number of carboxylic acid groups (broad SMARTS) is 1. The maximum atomic E-state index is 11.6. The van der Waals surface area contributed by atoms with Gasteiger partial charge < -0.3 is 15.2 Å². The van der Waals surface area contributed by atoms with Crippen molar-refractivity contribution in [1.29, 1.82) is 0 Å². The third kappa shape index (κ3) is 6.62. The molecule has 0 saturated carbocycles. The van der Waals surface area contributed by atoms with Gasteiger partial charge in [0.2, 0.25) is 5.91 Å². The van der Waals surface area contributed by atoms with Gasteiger partial charge in [-0.25, -0.2) is 0 Å². The summed E-state index contributed by atoms with van der Waals surface area (Å²) in [5.74, 6) is -0.347. The molecule has 2 N–H and O–H groups in total. The Bertz CT molecular complexity index is 502. The van der Waals surface area contributed by atoms with Crippen molar-refractivity contribution in [2.45, 2.75) is 26.7 Å². The maximum absolute atomic E-state index is 11.6. The molecule has 6 heteroatoms. The zero-order chi connectivity index (χ0) is 15.9. The molecular formula is C15H20BrNO4. The summed E-state index contributed by atoms with van der Waals surface area (Å²) in [5.41, 5.74) is -0.956. The Labute approximate surface area is 132 Å². The minimum atomic E-state index is -0.956. The monoisotopic (exact) mass is 357 g/mol. The number of carbonyl (C=O) groups is 2. The van der Waals surface area contributed by atoms with Crippen LogP contribution in [0.5, 0.6) is 5.75 Å². The molecule has 0 aliphatic rings. The molecule has 0 aliphatic heterocycles. The normalized spacial score (nSPS) is 11.0. The number of hydrogen-bond donors (Lipinski definition) is 2. The van der Waals surface area contributed by atoms with Crippen LogP contribution in [0.15, 0.2) is 28.7 Å². The van der Waals surface area contributed by atoms with E-state index in [1.165, 1.54) is 0 Å². The molecule has 1 amide bonds. The van der Waals surface area contributed by atoms with Gasteiger partial charge in [-0.15, -0.1) is 0 Å². The molecule has 0 radical (unpaired) electrons. The average molecular weight is 358 g/mol. The number of rotatable bonds is 8. The molecule has 0 fully saturated rings. The molecule has 0 unspecified atom stereocenters. The first kappa shape index (κ1) is 17.5. The highest BCUT2D eigenvalue weighted by atomic mass is 79.9. The smallest absolute Gasteiger partial charge is 0.310 e. The summed E-state index contributed by atoms with van der Waals surface area (Å²) in [6, 6.07) is 7.49. The third-order valence-corrected chi connectivity index (χ3v) is 3.41. The summed E-state index contributed by atoms with van der Waals surface area (Å²) in [7, 11) is 0. The first-order chi connectivity index (χ1) is 9.81. The van der Waals surface area contributed by atoms with E-state index in [9.17, 15) is 9.59 Å². The number of hydrogen-bond acceptors (Lipinski definition) is 3. The Morgan fingerprint density at radius 1 is 1.38 bits per heavy atom. The summed E-state index contributed by atoms with van der Waals surface area (Å²) in [6.45, 7) is 3.71. The fourth-order valence-corrected chi connectivity index (χ4v) is 1.84. The van der Waals surface area contributed by atoms with Crippen LogP contribution in [0.1, 0.15) is 26.7 Å². The molecule has 0 heterocycles. The number of amides is 1. The molecule has 1 rings (SSSR count). The summed E-state index contributed by atoms with van der Waals surface area (Å²) < 4.78 is 6.46. The van der Waals surface area contributed by atoms with Crippen LogP contribution < -0.4 is 10.1 Å². The van der Waals surface area contributed by atoms with E-state index < -0.39 is 11.4 Å². The van der Waals surface area contributed by atoms with Gasteiger partial charge in [0.15, 0.2) is 0 Å². The Balaban J connectivity index is 2.21.